The Morgan fingerprint density at radius 1 is 1.30 bits per heavy atom. The number of likely N-dealkylation sites (tertiary alicyclic amines) is 1. The second-order valence-corrected chi connectivity index (χ2v) is 7.42. The molecule has 1 saturated heterocycles. The van der Waals surface area contributed by atoms with Crippen LogP contribution in [0.1, 0.15) is 37.8 Å². The van der Waals surface area contributed by atoms with E-state index < -0.39 is 0 Å². The third-order valence-corrected chi connectivity index (χ3v) is 5.34. The van der Waals surface area contributed by atoms with Gasteiger partial charge in [0.05, 0.1) is 5.25 Å². The van der Waals surface area contributed by atoms with E-state index in [2.05, 4.69) is 39.0 Å². The summed E-state index contributed by atoms with van der Waals surface area (Å²) in [5.74, 6) is 1.06. The SMILES string of the molecule is Cc1ccc(C)c(SC(C)C(=O)N2CCC(C)CC2)c1. The van der Waals surface area contributed by atoms with Crippen LogP contribution < -0.4 is 0 Å². The molecule has 0 saturated carbocycles. The Morgan fingerprint density at radius 3 is 2.60 bits per heavy atom. The third-order valence-electron chi connectivity index (χ3n) is 4.09. The average molecular weight is 291 g/mol. The van der Waals surface area contributed by atoms with Crippen molar-refractivity contribution in [2.24, 2.45) is 5.92 Å². The van der Waals surface area contributed by atoms with Crippen molar-refractivity contribution in [3.05, 3.63) is 29.3 Å². The van der Waals surface area contributed by atoms with E-state index in [4.69, 9.17) is 0 Å². The van der Waals surface area contributed by atoms with Crippen LogP contribution in [-0.4, -0.2) is 29.1 Å². The van der Waals surface area contributed by atoms with Crippen molar-refractivity contribution in [2.75, 3.05) is 13.1 Å². The molecule has 1 fully saturated rings. The number of benzene rings is 1. The van der Waals surface area contributed by atoms with E-state index in [-0.39, 0.29) is 5.25 Å². The molecule has 0 N–H and O–H groups in total. The average Bonchev–Trinajstić information content (AvgIpc) is 2.43. The molecule has 0 aliphatic carbocycles. The molecule has 1 amide bonds. The third kappa shape index (κ3) is 3.78. The van der Waals surface area contributed by atoms with E-state index in [9.17, 15) is 4.79 Å². The fourth-order valence-electron chi connectivity index (χ4n) is 2.56. The first kappa shape index (κ1) is 15.4. The zero-order valence-electron chi connectivity index (χ0n) is 13.0. The first-order valence-electron chi connectivity index (χ1n) is 7.50. The molecule has 2 rings (SSSR count). The van der Waals surface area contributed by atoms with Crippen molar-refractivity contribution in [1.29, 1.82) is 0 Å². The predicted molar refractivity (Wildman–Crippen MR) is 86.2 cm³/mol. The van der Waals surface area contributed by atoms with Crippen LogP contribution in [-0.2, 0) is 4.79 Å². The van der Waals surface area contributed by atoms with E-state index >= 15 is 0 Å². The quantitative estimate of drug-likeness (QED) is 0.783. The lowest BCUT2D eigenvalue weighted by atomic mass is 9.99. The van der Waals surface area contributed by atoms with Gasteiger partial charge in [-0.2, -0.15) is 0 Å². The molecule has 0 bridgehead atoms. The topological polar surface area (TPSA) is 20.3 Å². The lowest BCUT2D eigenvalue weighted by Gasteiger charge is -2.32. The van der Waals surface area contributed by atoms with Gasteiger partial charge < -0.3 is 4.90 Å². The Morgan fingerprint density at radius 2 is 1.95 bits per heavy atom. The molecule has 1 aliphatic rings. The summed E-state index contributed by atoms with van der Waals surface area (Å²) >= 11 is 1.70. The Hall–Kier alpha value is -0.960. The summed E-state index contributed by atoms with van der Waals surface area (Å²) in [5, 5.41) is 0.00362. The Labute approximate surface area is 126 Å². The molecule has 0 spiro atoms. The minimum atomic E-state index is 0.00362. The molecule has 20 heavy (non-hydrogen) atoms. The zero-order valence-corrected chi connectivity index (χ0v) is 13.8. The highest BCUT2D eigenvalue weighted by Crippen LogP contribution is 2.29. The van der Waals surface area contributed by atoms with E-state index in [1.807, 2.05) is 11.8 Å². The van der Waals surface area contributed by atoms with Gasteiger partial charge in [-0.05, 0) is 51.2 Å². The van der Waals surface area contributed by atoms with Gasteiger partial charge in [0.2, 0.25) is 5.91 Å². The van der Waals surface area contributed by atoms with Crippen LogP contribution in [0.2, 0.25) is 0 Å². The van der Waals surface area contributed by atoms with Crippen LogP contribution in [0.25, 0.3) is 0 Å². The molecule has 1 heterocycles. The fourth-order valence-corrected chi connectivity index (χ4v) is 3.70. The van der Waals surface area contributed by atoms with Gasteiger partial charge in [-0.1, -0.05) is 24.6 Å². The van der Waals surface area contributed by atoms with Gasteiger partial charge in [0, 0.05) is 18.0 Å². The normalized spacial score (nSPS) is 18.1. The van der Waals surface area contributed by atoms with Crippen molar-refractivity contribution in [2.45, 2.75) is 50.7 Å². The second-order valence-electron chi connectivity index (χ2n) is 6.04. The molecule has 0 radical (unpaired) electrons. The zero-order chi connectivity index (χ0) is 14.7. The molecule has 2 nitrogen and oxygen atoms in total. The standard InChI is InChI=1S/C17H25NOS/c1-12-7-9-18(10-8-12)17(19)15(4)20-16-11-13(2)5-6-14(16)3/h5-6,11-12,15H,7-10H2,1-4H3. The van der Waals surface area contributed by atoms with Crippen LogP contribution in [0.3, 0.4) is 0 Å². The maximum absolute atomic E-state index is 12.5. The van der Waals surface area contributed by atoms with Gasteiger partial charge in [0.1, 0.15) is 0 Å². The maximum atomic E-state index is 12.5. The van der Waals surface area contributed by atoms with E-state index in [0.717, 1.165) is 31.8 Å². The number of amides is 1. The molecule has 3 heteroatoms. The predicted octanol–water partition coefficient (Wildman–Crippen LogP) is 4.04. The number of carbonyl (C=O) groups is 1. The van der Waals surface area contributed by atoms with Crippen molar-refractivity contribution in [3.8, 4) is 0 Å². The minimum absolute atomic E-state index is 0.00362. The monoisotopic (exact) mass is 291 g/mol. The van der Waals surface area contributed by atoms with Gasteiger partial charge in [0.15, 0.2) is 0 Å². The number of nitrogens with zero attached hydrogens (tertiary/aromatic N) is 1. The number of rotatable bonds is 3. The van der Waals surface area contributed by atoms with Gasteiger partial charge >= 0.3 is 0 Å². The fraction of sp³-hybridized carbons (Fsp3) is 0.588. The van der Waals surface area contributed by atoms with Gasteiger partial charge in [0.25, 0.3) is 0 Å². The number of carbonyl (C=O) groups excluding carboxylic acids is 1. The molecule has 110 valence electrons. The lowest BCUT2D eigenvalue weighted by Crippen LogP contribution is -2.41. The molecule has 1 aliphatic heterocycles. The van der Waals surface area contributed by atoms with E-state index in [0.29, 0.717) is 5.91 Å². The van der Waals surface area contributed by atoms with Crippen molar-refractivity contribution in [1.82, 2.24) is 4.90 Å². The van der Waals surface area contributed by atoms with Crippen LogP contribution in [0, 0.1) is 19.8 Å². The van der Waals surface area contributed by atoms with Crippen LogP contribution in [0.4, 0.5) is 0 Å². The van der Waals surface area contributed by atoms with E-state index in [1.165, 1.54) is 16.0 Å². The van der Waals surface area contributed by atoms with Crippen LogP contribution in [0.5, 0.6) is 0 Å². The van der Waals surface area contributed by atoms with Crippen molar-refractivity contribution < 1.29 is 4.79 Å². The molecule has 1 unspecified atom stereocenters. The summed E-state index contributed by atoms with van der Waals surface area (Å²) < 4.78 is 0. The summed E-state index contributed by atoms with van der Waals surface area (Å²) in [5.41, 5.74) is 2.51. The minimum Gasteiger partial charge on any atom is -0.342 e. The molecular weight excluding hydrogens is 266 g/mol. The Kier molecular flexibility index (Phi) is 5.14. The number of hydrogen-bond acceptors (Lipinski definition) is 2. The summed E-state index contributed by atoms with van der Waals surface area (Å²) in [6, 6.07) is 6.44. The van der Waals surface area contributed by atoms with Crippen LogP contribution >= 0.6 is 11.8 Å². The van der Waals surface area contributed by atoms with Gasteiger partial charge in [-0.15, -0.1) is 11.8 Å². The largest absolute Gasteiger partial charge is 0.342 e. The summed E-state index contributed by atoms with van der Waals surface area (Å²) in [6.45, 7) is 10.4. The second kappa shape index (κ2) is 6.66. The Bertz CT molecular complexity index is 478. The molecule has 0 aromatic heterocycles. The van der Waals surface area contributed by atoms with E-state index in [1.54, 1.807) is 11.8 Å². The highest BCUT2D eigenvalue weighted by molar-refractivity contribution is 8.00. The highest BCUT2D eigenvalue weighted by Gasteiger charge is 2.25. The van der Waals surface area contributed by atoms with Crippen LogP contribution in [0.15, 0.2) is 23.1 Å². The molecular formula is C17H25NOS. The number of aryl methyl sites for hydroxylation is 2. The number of thioether (sulfide) groups is 1. The summed E-state index contributed by atoms with van der Waals surface area (Å²) in [6.07, 6.45) is 2.29. The number of piperidine rings is 1. The smallest absolute Gasteiger partial charge is 0.235 e. The molecule has 1 aromatic carbocycles. The summed E-state index contributed by atoms with van der Waals surface area (Å²) in [4.78, 5) is 15.8. The Balaban J connectivity index is 1.98. The lowest BCUT2D eigenvalue weighted by molar-refractivity contribution is -0.131. The van der Waals surface area contributed by atoms with Crippen molar-refractivity contribution >= 4 is 17.7 Å². The first-order valence-corrected chi connectivity index (χ1v) is 8.38. The summed E-state index contributed by atoms with van der Waals surface area (Å²) in [7, 11) is 0. The molecule has 1 aromatic rings. The van der Waals surface area contributed by atoms with Gasteiger partial charge in [-0.3, -0.25) is 4.79 Å². The highest BCUT2D eigenvalue weighted by atomic mass is 32.2. The van der Waals surface area contributed by atoms with Gasteiger partial charge in [-0.25, -0.2) is 0 Å². The first-order chi connectivity index (χ1) is 9.47. The number of hydrogen-bond donors (Lipinski definition) is 0. The van der Waals surface area contributed by atoms with Crippen molar-refractivity contribution in [3.63, 3.8) is 0 Å². The maximum Gasteiger partial charge on any atom is 0.235 e. The molecule has 1 atom stereocenters.